The number of aromatic amines is 1. The van der Waals surface area contributed by atoms with E-state index < -0.39 is 22.2 Å². The van der Waals surface area contributed by atoms with Crippen LogP contribution in [0, 0.1) is 0 Å². The van der Waals surface area contributed by atoms with Crippen molar-refractivity contribution in [3.05, 3.63) is 48.4 Å². The van der Waals surface area contributed by atoms with Crippen molar-refractivity contribution in [1.82, 2.24) is 15.0 Å². The predicted octanol–water partition coefficient (Wildman–Crippen LogP) is 2.56. The largest absolute Gasteiger partial charge is 0.488 e. The van der Waals surface area contributed by atoms with Crippen molar-refractivity contribution >= 4 is 15.7 Å². The van der Waals surface area contributed by atoms with Gasteiger partial charge in [-0.05, 0) is 38.1 Å². The van der Waals surface area contributed by atoms with Gasteiger partial charge in [0, 0.05) is 30.7 Å². The van der Waals surface area contributed by atoms with Crippen molar-refractivity contribution in [3.63, 3.8) is 0 Å². The van der Waals surface area contributed by atoms with Gasteiger partial charge in [-0.25, -0.2) is 23.4 Å². The van der Waals surface area contributed by atoms with Crippen LogP contribution in [0.2, 0.25) is 0 Å². The molecule has 3 aromatic rings. The summed E-state index contributed by atoms with van der Waals surface area (Å²) in [6.07, 6.45) is 1.88. The third-order valence-electron chi connectivity index (χ3n) is 5.02. The minimum absolute atomic E-state index is 0.120. The van der Waals surface area contributed by atoms with E-state index in [1.807, 2.05) is 19.1 Å². The second-order valence-corrected chi connectivity index (χ2v) is 10.1. The molecule has 1 unspecified atom stereocenters. The highest BCUT2D eigenvalue weighted by Gasteiger charge is 2.26. The second-order valence-electron chi connectivity index (χ2n) is 8.10. The van der Waals surface area contributed by atoms with E-state index in [1.165, 1.54) is 6.20 Å². The average Bonchev–Trinajstić information content (AvgIpc) is 3.40. The number of aliphatic hydroxyl groups excluding tert-OH is 1. The van der Waals surface area contributed by atoms with Crippen LogP contribution in [0.4, 0.5) is 0 Å². The van der Waals surface area contributed by atoms with Gasteiger partial charge in [-0.15, -0.1) is 0 Å². The van der Waals surface area contributed by atoms with Crippen molar-refractivity contribution in [3.8, 4) is 28.6 Å². The number of methoxy groups -OCH3 is 1. The van der Waals surface area contributed by atoms with E-state index in [4.69, 9.17) is 18.9 Å². The van der Waals surface area contributed by atoms with Gasteiger partial charge in [0.25, 0.3) is 0 Å². The fourth-order valence-corrected chi connectivity index (χ4v) is 3.83. The van der Waals surface area contributed by atoms with E-state index in [-0.39, 0.29) is 17.0 Å². The first-order valence-corrected chi connectivity index (χ1v) is 12.6. The Morgan fingerprint density at radius 2 is 1.89 bits per heavy atom. The van der Waals surface area contributed by atoms with Crippen LogP contribution in [0.1, 0.15) is 19.5 Å². The van der Waals surface area contributed by atoms with Gasteiger partial charge < -0.3 is 29.0 Å². The van der Waals surface area contributed by atoms with Crippen LogP contribution in [0.3, 0.4) is 0 Å². The maximum Gasteiger partial charge on any atom is 0.237 e. The molecule has 4 rings (SSSR count). The van der Waals surface area contributed by atoms with Crippen LogP contribution in [0.25, 0.3) is 11.3 Å². The fraction of sp³-hybridized carbons (Fsp3) is 0.348. The molecule has 186 valence electrons. The molecule has 0 radical (unpaired) electrons. The van der Waals surface area contributed by atoms with Gasteiger partial charge in [-0.1, -0.05) is 0 Å². The number of nitrogens with one attached hydrogen (secondary N) is 1. The van der Waals surface area contributed by atoms with Crippen molar-refractivity contribution < 1.29 is 32.5 Å². The number of aliphatic hydroxyl groups is 1. The molecule has 35 heavy (non-hydrogen) atoms. The number of aromatic nitrogens is 3. The summed E-state index contributed by atoms with van der Waals surface area (Å²) in [6, 6.07) is 8.94. The molecule has 0 amide bonds. The van der Waals surface area contributed by atoms with Gasteiger partial charge in [0.15, 0.2) is 21.1 Å². The summed E-state index contributed by atoms with van der Waals surface area (Å²) in [5, 5.41) is 9.69. The van der Waals surface area contributed by atoms with Crippen LogP contribution < -0.4 is 9.47 Å². The van der Waals surface area contributed by atoms with Gasteiger partial charge in [-0.2, -0.15) is 0 Å². The zero-order valence-electron chi connectivity index (χ0n) is 19.6. The van der Waals surface area contributed by atoms with Crippen LogP contribution in [0.15, 0.2) is 52.7 Å². The number of aliphatic imine (C=N–C) groups is 1. The standard InChI is InChI=1S/C23H26N4O7S/c1-13(12-31-3)32-16-7-15(18-5-6-19(26-18)23-27-22(28)14(2)33-23)8-17(9-16)34-20-10-25-21(11-24-20)35(4,29)30/h5-11,13-14,22,26,28H,12H2,1-4H3/t13-,14-,22?/m0/s1. The summed E-state index contributed by atoms with van der Waals surface area (Å²) in [5.74, 6) is 1.37. The Morgan fingerprint density at radius 1 is 1.14 bits per heavy atom. The summed E-state index contributed by atoms with van der Waals surface area (Å²) in [4.78, 5) is 15.3. The molecule has 0 fully saturated rings. The first-order chi connectivity index (χ1) is 16.6. The van der Waals surface area contributed by atoms with Crippen LogP contribution in [-0.4, -0.2) is 72.8 Å². The number of hydrogen-bond acceptors (Lipinski definition) is 10. The van der Waals surface area contributed by atoms with Gasteiger partial charge in [0.05, 0.1) is 19.0 Å². The maximum atomic E-state index is 11.6. The summed E-state index contributed by atoms with van der Waals surface area (Å²) in [5.41, 5.74) is 2.09. The lowest BCUT2D eigenvalue weighted by molar-refractivity contribution is 0.0768. The molecule has 1 aromatic carbocycles. The van der Waals surface area contributed by atoms with E-state index in [9.17, 15) is 13.5 Å². The van der Waals surface area contributed by atoms with Crippen molar-refractivity contribution in [2.24, 2.45) is 4.99 Å². The van der Waals surface area contributed by atoms with Crippen LogP contribution in [-0.2, 0) is 19.3 Å². The number of sulfone groups is 1. The molecule has 0 saturated carbocycles. The molecule has 0 spiro atoms. The van der Waals surface area contributed by atoms with E-state index in [0.29, 0.717) is 29.7 Å². The zero-order valence-corrected chi connectivity index (χ0v) is 20.4. The Kier molecular flexibility index (Phi) is 7.05. The maximum absolute atomic E-state index is 11.6. The molecule has 11 nitrogen and oxygen atoms in total. The number of H-pyrrole nitrogens is 1. The van der Waals surface area contributed by atoms with Gasteiger partial charge in [0.2, 0.25) is 11.8 Å². The number of hydrogen-bond donors (Lipinski definition) is 2. The van der Waals surface area contributed by atoms with E-state index in [2.05, 4.69) is 19.9 Å². The summed E-state index contributed by atoms with van der Waals surface area (Å²) >= 11 is 0. The lowest BCUT2D eigenvalue weighted by Crippen LogP contribution is -2.18. The molecule has 2 N–H and O–H groups in total. The summed E-state index contributed by atoms with van der Waals surface area (Å²) in [6.45, 7) is 4.01. The molecule has 3 atom stereocenters. The van der Waals surface area contributed by atoms with Gasteiger partial charge >= 0.3 is 0 Å². The first kappa shape index (κ1) is 24.6. The Hall–Kier alpha value is -3.48. The molecular formula is C23H26N4O7S. The van der Waals surface area contributed by atoms with Gasteiger partial charge in [-0.3, -0.25) is 0 Å². The lowest BCUT2D eigenvalue weighted by Gasteiger charge is -2.16. The van der Waals surface area contributed by atoms with E-state index in [0.717, 1.165) is 23.7 Å². The van der Waals surface area contributed by atoms with Crippen molar-refractivity contribution in [1.29, 1.82) is 0 Å². The third-order valence-corrected chi connectivity index (χ3v) is 5.99. The lowest BCUT2D eigenvalue weighted by atomic mass is 10.1. The number of ether oxygens (including phenoxy) is 4. The van der Waals surface area contributed by atoms with Crippen LogP contribution in [0.5, 0.6) is 17.4 Å². The molecule has 3 heterocycles. The Bertz CT molecular complexity index is 1320. The van der Waals surface area contributed by atoms with Crippen molar-refractivity contribution in [2.45, 2.75) is 37.3 Å². The normalized spacial score (nSPS) is 18.6. The van der Waals surface area contributed by atoms with E-state index >= 15 is 0 Å². The molecule has 0 saturated heterocycles. The highest BCUT2D eigenvalue weighted by molar-refractivity contribution is 7.90. The topological polar surface area (TPSA) is 145 Å². The quantitative estimate of drug-likeness (QED) is 0.451. The molecule has 2 aromatic heterocycles. The molecule has 12 heteroatoms. The van der Waals surface area contributed by atoms with Gasteiger partial charge in [0.1, 0.15) is 29.4 Å². The highest BCUT2D eigenvalue weighted by atomic mass is 32.2. The number of benzene rings is 1. The Labute approximate surface area is 202 Å². The SMILES string of the molecule is COC[C@H](C)Oc1cc(Oc2cnc(S(C)(=O)=O)cn2)cc(-c2ccc(C3=NC(O)[C@H](C)O3)[nH]2)c1. The third kappa shape index (κ3) is 5.96. The number of nitrogens with zero attached hydrogens (tertiary/aromatic N) is 3. The first-order valence-electron chi connectivity index (χ1n) is 10.8. The van der Waals surface area contributed by atoms with Crippen molar-refractivity contribution in [2.75, 3.05) is 20.0 Å². The fourth-order valence-electron chi connectivity index (χ4n) is 3.34. The molecule has 1 aliphatic heterocycles. The molecular weight excluding hydrogens is 476 g/mol. The number of rotatable bonds is 9. The predicted molar refractivity (Wildman–Crippen MR) is 127 cm³/mol. The zero-order chi connectivity index (χ0) is 25.2. The average molecular weight is 503 g/mol. The monoisotopic (exact) mass is 502 g/mol. The Morgan fingerprint density at radius 3 is 2.51 bits per heavy atom. The van der Waals surface area contributed by atoms with E-state index in [1.54, 1.807) is 32.2 Å². The Balaban J connectivity index is 1.64. The summed E-state index contributed by atoms with van der Waals surface area (Å²) < 4.78 is 45.8. The minimum atomic E-state index is -3.47. The smallest absolute Gasteiger partial charge is 0.237 e. The molecule has 1 aliphatic rings. The highest BCUT2D eigenvalue weighted by Crippen LogP contribution is 2.32. The van der Waals surface area contributed by atoms with Crippen LogP contribution >= 0.6 is 0 Å². The summed E-state index contributed by atoms with van der Waals surface area (Å²) in [7, 11) is -1.88. The second kappa shape index (κ2) is 10.0. The molecule has 0 aliphatic carbocycles. The molecule has 0 bridgehead atoms. The minimum Gasteiger partial charge on any atom is -0.488 e.